The van der Waals surface area contributed by atoms with E-state index >= 15 is 0 Å². The number of nitrogens with zero attached hydrogens (tertiary/aromatic N) is 2. The van der Waals surface area contributed by atoms with Gasteiger partial charge in [0.15, 0.2) is 17.5 Å². The number of carboxylic acid groups (broad SMARTS) is 1. The standard InChI is InChI=1S/C16H17Cl2N3O8S/c1-6-3-9(23)21(6)13(15(26)27)16(2,30(28)29)5-19-20-14(25)10-7(17)4-8(22)12(24)11(10)18/h4-6,13,22,24H,3H2,1-2H3,(H,20,25)(H,26,27)(H,28,29)/p-1/b19-5+/t6-,13+,16+/m1/s1. The molecule has 1 aliphatic heterocycles. The fourth-order valence-electron chi connectivity index (χ4n) is 2.91. The van der Waals surface area contributed by atoms with E-state index in [1.165, 1.54) is 0 Å². The van der Waals surface area contributed by atoms with Crippen LogP contribution >= 0.6 is 23.2 Å². The molecule has 2 amide bonds. The van der Waals surface area contributed by atoms with Crippen LogP contribution in [0.25, 0.3) is 0 Å². The quantitative estimate of drug-likeness (QED) is 0.145. The van der Waals surface area contributed by atoms with E-state index in [4.69, 9.17) is 23.2 Å². The number of aromatic hydroxyl groups is 2. The van der Waals surface area contributed by atoms with Crippen LogP contribution in [0.3, 0.4) is 0 Å². The van der Waals surface area contributed by atoms with Crippen LogP contribution in [0.1, 0.15) is 30.6 Å². The minimum absolute atomic E-state index is 0.0700. The van der Waals surface area contributed by atoms with Crippen LogP contribution in [-0.4, -0.2) is 69.8 Å². The van der Waals surface area contributed by atoms with Gasteiger partial charge in [0.1, 0.15) is 5.02 Å². The molecule has 0 spiro atoms. The molecular formula is C16H16Cl2N3O8S-. The van der Waals surface area contributed by atoms with Gasteiger partial charge in [0, 0.05) is 24.7 Å². The molecular weight excluding hydrogens is 465 g/mol. The number of β-lactam (4-membered cyclic amide) rings is 1. The van der Waals surface area contributed by atoms with Gasteiger partial charge in [-0.05, 0) is 24.9 Å². The van der Waals surface area contributed by atoms with Gasteiger partial charge in [-0.25, -0.2) is 10.2 Å². The molecule has 1 saturated heterocycles. The van der Waals surface area contributed by atoms with Crippen molar-refractivity contribution in [2.45, 2.75) is 37.1 Å². The summed E-state index contributed by atoms with van der Waals surface area (Å²) in [6.45, 7) is 2.58. The average Bonchev–Trinajstić information content (AvgIpc) is 2.63. The zero-order valence-electron chi connectivity index (χ0n) is 15.5. The second-order valence-corrected chi connectivity index (χ2v) is 8.76. The third kappa shape index (κ3) is 4.21. The fourth-order valence-corrected chi connectivity index (χ4v) is 4.06. The Hall–Kier alpha value is -2.41. The van der Waals surface area contributed by atoms with Crippen molar-refractivity contribution in [3.05, 3.63) is 21.7 Å². The number of hydrogen-bond acceptors (Lipinski definition) is 8. The van der Waals surface area contributed by atoms with Crippen LogP contribution in [0.4, 0.5) is 0 Å². The number of carbonyl (C=O) groups is 3. The first-order chi connectivity index (χ1) is 13.8. The van der Waals surface area contributed by atoms with Crippen molar-refractivity contribution in [2.75, 3.05) is 0 Å². The van der Waals surface area contributed by atoms with Crippen molar-refractivity contribution in [3.63, 3.8) is 0 Å². The number of hydrogen-bond donors (Lipinski definition) is 4. The van der Waals surface area contributed by atoms with Gasteiger partial charge >= 0.3 is 5.97 Å². The molecule has 11 nitrogen and oxygen atoms in total. The number of rotatable bonds is 7. The lowest BCUT2D eigenvalue weighted by molar-refractivity contribution is -0.161. The van der Waals surface area contributed by atoms with Crippen LogP contribution in [0.5, 0.6) is 11.5 Å². The lowest BCUT2D eigenvalue weighted by Gasteiger charge is -2.48. The molecule has 1 heterocycles. The lowest BCUT2D eigenvalue weighted by atomic mass is 9.92. The Balaban J connectivity index is 2.34. The van der Waals surface area contributed by atoms with E-state index in [1.54, 1.807) is 6.92 Å². The lowest BCUT2D eigenvalue weighted by Crippen LogP contribution is -2.67. The molecule has 0 aromatic heterocycles. The molecule has 0 aliphatic carbocycles. The molecule has 30 heavy (non-hydrogen) atoms. The number of carbonyl (C=O) groups excluding carboxylic acids is 2. The summed E-state index contributed by atoms with van der Waals surface area (Å²) in [7, 11) is 0. The first-order valence-electron chi connectivity index (χ1n) is 8.20. The Bertz CT molecular complexity index is 972. The molecule has 1 unspecified atom stereocenters. The Morgan fingerprint density at radius 2 is 2.07 bits per heavy atom. The van der Waals surface area contributed by atoms with Crippen LogP contribution in [0, 0.1) is 0 Å². The largest absolute Gasteiger partial charge is 0.772 e. The van der Waals surface area contributed by atoms with Crippen molar-refractivity contribution in [1.82, 2.24) is 10.3 Å². The number of aliphatic carboxylic acids is 1. The van der Waals surface area contributed by atoms with Gasteiger partial charge in [-0.15, -0.1) is 0 Å². The Morgan fingerprint density at radius 3 is 2.53 bits per heavy atom. The first-order valence-corrected chi connectivity index (χ1v) is 10.0. The summed E-state index contributed by atoms with van der Waals surface area (Å²) < 4.78 is 21.5. The predicted molar refractivity (Wildman–Crippen MR) is 105 cm³/mol. The number of halogens is 2. The number of likely N-dealkylation sites (tertiary alicyclic amines) is 1. The summed E-state index contributed by atoms with van der Waals surface area (Å²) in [5.74, 6) is -4.67. The monoisotopic (exact) mass is 480 g/mol. The highest BCUT2D eigenvalue weighted by Crippen LogP contribution is 2.40. The van der Waals surface area contributed by atoms with E-state index in [9.17, 15) is 38.5 Å². The maximum atomic E-state index is 12.3. The van der Waals surface area contributed by atoms with E-state index in [2.05, 4.69) is 5.10 Å². The van der Waals surface area contributed by atoms with Gasteiger partial charge in [0.05, 0.1) is 15.3 Å². The van der Waals surface area contributed by atoms with Gasteiger partial charge in [0.2, 0.25) is 5.91 Å². The van der Waals surface area contributed by atoms with E-state index in [0.29, 0.717) is 6.21 Å². The molecule has 164 valence electrons. The predicted octanol–water partition coefficient (Wildman–Crippen LogP) is 0.832. The number of carboxylic acids is 1. The van der Waals surface area contributed by atoms with E-state index in [1.807, 2.05) is 5.43 Å². The highest BCUT2D eigenvalue weighted by molar-refractivity contribution is 7.81. The topological polar surface area (TPSA) is 180 Å². The number of amides is 2. The third-order valence-corrected chi connectivity index (χ3v) is 6.25. The summed E-state index contributed by atoms with van der Waals surface area (Å²) >= 11 is 8.54. The molecule has 14 heteroatoms. The minimum Gasteiger partial charge on any atom is -0.772 e. The number of phenols is 2. The number of benzene rings is 1. The zero-order valence-corrected chi connectivity index (χ0v) is 17.8. The van der Waals surface area contributed by atoms with Crippen LogP contribution in [-0.2, 0) is 20.7 Å². The first kappa shape index (κ1) is 23.9. The maximum Gasteiger partial charge on any atom is 0.328 e. The summed E-state index contributed by atoms with van der Waals surface area (Å²) in [5, 5.41) is 31.2. The van der Waals surface area contributed by atoms with E-state index < -0.39 is 67.8 Å². The normalized spacial score (nSPS) is 20.4. The molecule has 1 fully saturated rings. The molecule has 0 radical (unpaired) electrons. The highest BCUT2D eigenvalue weighted by atomic mass is 35.5. The van der Waals surface area contributed by atoms with Crippen LogP contribution < -0.4 is 5.43 Å². The summed E-state index contributed by atoms with van der Waals surface area (Å²) in [6.07, 6.45) is 0.730. The van der Waals surface area contributed by atoms with Crippen molar-refractivity contribution in [3.8, 4) is 11.5 Å². The third-order valence-electron chi connectivity index (χ3n) is 4.53. The molecule has 2 rings (SSSR count). The zero-order chi connectivity index (χ0) is 23.0. The minimum atomic E-state index is -3.06. The Morgan fingerprint density at radius 1 is 1.47 bits per heavy atom. The second-order valence-electron chi connectivity index (χ2n) is 6.63. The van der Waals surface area contributed by atoms with Crippen molar-refractivity contribution < 1.29 is 38.5 Å². The molecule has 4 atom stereocenters. The average molecular weight is 481 g/mol. The molecule has 1 aromatic rings. The van der Waals surface area contributed by atoms with Crippen molar-refractivity contribution in [2.24, 2.45) is 5.10 Å². The molecule has 0 saturated carbocycles. The van der Waals surface area contributed by atoms with Gasteiger partial charge < -0.3 is 24.8 Å². The van der Waals surface area contributed by atoms with Crippen molar-refractivity contribution >= 4 is 58.3 Å². The summed E-state index contributed by atoms with van der Waals surface area (Å²) in [6, 6.07) is -1.44. The molecule has 1 aliphatic rings. The van der Waals surface area contributed by atoms with Gasteiger partial charge in [-0.2, -0.15) is 5.10 Å². The van der Waals surface area contributed by atoms with Gasteiger partial charge in [0.25, 0.3) is 5.91 Å². The fraction of sp³-hybridized carbons (Fsp3) is 0.375. The molecule has 4 N–H and O–H groups in total. The van der Waals surface area contributed by atoms with E-state index in [0.717, 1.165) is 17.9 Å². The number of hydrazone groups is 1. The maximum absolute atomic E-state index is 12.3. The van der Waals surface area contributed by atoms with Gasteiger partial charge in [-0.1, -0.05) is 23.2 Å². The molecule has 0 bridgehead atoms. The Kier molecular flexibility index (Phi) is 6.97. The molecule has 1 aromatic carbocycles. The van der Waals surface area contributed by atoms with E-state index in [-0.39, 0.29) is 11.4 Å². The summed E-state index contributed by atoms with van der Waals surface area (Å²) in [4.78, 5) is 36.8. The van der Waals surface area contributed by atoms with Crippen molar-refractivity contribution in [1.29, 1.82) is 0 Å². The second kappa shape index (κ2) is 8.76. The SMILES string of the molecule is C[C@@H]1CC(=O)N1[C@@H](C(=O)O)[C@](C)(/C=N/NC(=O)c1c(Cl)cc(O)c(O)c1Cl)S(=O)[O-]. The number of nitrogens with one attached hydrogen (secondary N) is 1. The van der Waals surface area contributed by atoms with Crippen LogP contribution in [0.15, 0.2) is 11.2 Å². The smallest absolute Gasteiger partial charge is 0.328 e. The number of phenolic OH excluding ortho intramolecular Hbond substituents is 2. The van der Waals surface area contributed by atoms with Crippen LogP contribution in [0.2, 0.25) is 10.0 Å². The van der Waals surface area contributed by atoms with Gasteiger partial charge in [-0.3, -0.25) is 13.8 Å². The summed E-state index contributed by atoms with van der Waals surface area (Å²) in [5.41, 5.74) is 1.47. The Labute approximate surface area is 182 Å². The highest BCUT2D eigenvalue weighted by Gasteiger charge is 2.51.